The van der Waals surface area contributed by atoms with Gasteiger partial charge in [0, 0.05) is 31.5 Å². The molecule has 0 aliphatic rings. The largest absolute Gasteiger partial charge is 0.508 e. The third kappa shape index (κ3) is 6.78. The maximum Gasteiger partial charge on any atom is 0.120 e. The van der Waals surface area contributed by atoms with Crippen molar-refractivity contribution in [2.45, 2.75) is 32.6 Å². The lowest BCUT2D eigenvalue weighted by molar-refractivity contribution is 0.215. The van der Waals surface area contributed by atoms with E-state index in [-0.39, 0.29) is 11.5 Å². The van der Waals surface area contributed by atoms with Crippen LogP contribution in [0.15, 0.2) is 127 Å². The first-order valence-corrected chi connectivity index (χ1v) is 15.1. The molecule has 6 rings (SSSR count). The molecule has 0 aromatic heterocycles. The number of aliphatic hydroxyl groups is 1. The van der Waals surface area contributed by atoms with E-state index in [0.717, 1.165) is 62.4 Å². The predicted octanol–water partition coefficient (Wildman–Crippen LogP) is 9.47. The zero-order valence-electron chi connectivity index (χ0n) is 26.0. The van der Waals surface area contributed by atoms with Gasteiger partial charge in [-0.1, -0.05) is 122 Å². The molecule has 0 aliphatic carbocycles. The molecule has 226 valence electrons. The fraction of sp³-hybridized carbons (Fsp3) is 0.200. The molecule has 0 aliphatic heterocycles. The Hall–Kier alpha value is -4.64. The summed E-state index contributed by atoms with van der Waals surface area (Å²) in [5.74, 6) is 0.409. The minimum atomic E-state index is -0.842. The van der Waals surface area contributed by atoms with Crippen LogP contribution in [0.3, 0.4) is 0 Å². The molecule has 0 saturated carbocycles. The van der Waals surface area contributed by atoms with Gasteiger partial charge in [-0.15, -0.1) is 0 Å². The lowest BCUT2D eigenvalue weighted by Crippen LogP contribution is -2.26. The topological polar surface area (TPSA) is 69.9 Å². The molecule has 0 saturated heterocycles. The van der Waals surface area contributed by atoms with E-state index in [9.17, 15) is 10.2 Å². The molecule has 0 bridgehead atoms. The number of phenols is 2. The van der Waals surface area contributed by atoms with Crippen molar-refractivity contribution in [3.63, 3.8) is 0 Å². The highest BCUT2D eigenvalue weighted by Gasteiger charge is 2.38. The molecule has 0 amide bonds. The van der Waals surface area contributed by atoms with Gasteiger partial charge in [-0.3, -0.25) is 0 Å². The second kappa shape index (κ2) is 15.2. The summed E-state index contributed by atoms with van der Waals surface area (Å²) in [4.78, 5) is 0. The predicted molar refractivity (Wildman–Crippen MR) is 184 cm³/mol. The average Bonchev–Trinajstić information content (AvgIpc) is 3.08. The zero-order chi connectivity index (χ0) is 31.5. The minimum Gasteiger partial charge on any atom is -0.508 e. The van der Waals surface area contributed by atoms with E-state index in [1.165, 1.54) is 0 Å². The van der Waals surface area contributed by atoms with Crippen LogP contribution in [-0.4, -0.2) is 35.6 Å². The minimum absolute atomic E-state index is 0.204. The fourth-order valence-corrected chi connectivity index (χ4v) is 5.61. The van der Waals surface area contributed by atoms with Crippen LogP contribution in [0.4, 0.5) is 0 Å². The Morgan fingerprint density at radius 3 is 1.41 bits per heavy atom. The molecule has 0 spiro atoms. The highest BCUT2D eigenvalue weighted by molar-refractivity contribution is 5.95. The molecule has 0 radical (unpaired) electrons. The number of aromatic hydroxyl groups is 2. The van der Waals surface area contributed by atoms with Gasteiger partial charge in [0.1, 0.15) is 11.5 Å². The number of phenolic OH excluding ortho intramolecular Hbond substituents is 2. The van der Waals surface area contributed by atoms with Gasteiger partial charge >= 0.3 is 0 Å². The van der Waals surface area contributed by atoms with Crippen LogP contribution in [0, 0.1) is 0 Å². The number of ether oxygens (including phenoxy) is 1. The van der Waals surface area contributed by atoms with E-state index in [4.69, 9.17) is 5.11 Å². The number of hydrogen-bond donors (Lipinski definition) is 3. The smallest absolute Gasteiger partial charge is 0.120 e. The Kier molecular flexibility index (Phi) is 11.1. The van der Waals surface area contributed by atoms with Gasteiger partial charge in [-0.25, -0.2) is 0 Å². The maximum atomic E-state index is 11.4. The number of fused-ring (bicyclic) bond motifs is 2. The second-order valence-electron chi connectivity index (χ2n) is 10.7. The van der Waals surface area contributed by atoms with E-state index >= 15 is 0 Å². The molecule has 0 fully saturated rings. The van der Waals surface area contributed by atoms with Crippen molar-refractivity contribution in [1.29, 1.82) is 0 Å². The van der Waals surface area contributed by atoms with Crippen molar-refractivity contribution < 1.29 is 20.1 Å². The SMILES string of the molecule is CC(c1ccc(-c2ccccc2)cc1)(c1c(O)ccc2ccccc12)c1c(O)ccc2ccccc12.CCCO.CCOC. The summed E-state index contributed by atoms with van der Waals surface area (Å²) in [6, 6.07) is 42.4. The Morgan fingerprint density at radius 2 is 0.977 bits per heavy atom. The monoisotopic (exact) mass is 586 g/mol. The second-order valence-corrected chi connectivity index (χ2v) is 10.7. The van der Waals surface area contributed by atoms with Crippen LogP contribution in [0.25, 0.3) is 32.7 Å². The average molecular weight is 587 g/mol. The number of rotatable bonds is 6. The summed E-state index contributed by atoms with van der Waals surface area (Å²) in [7, 11) is 1.68. The first-order valence-electron chi connectivity index (χ1n) is 15.1. The summed E-state index contributed by atoms with van der Waals surface area (Å²) in [6.45, 7) is 7.13. The molecule has 3 N–H and O–H groups in total. The van der Waals surface area contributed by atoms with E-state index in [0.29, 0.717) is 6.61 Å². The van der Waals surface area contributed by atoms with Crippen molar-refractivity contribution in [2.24, 2.45) is 0 Å². The van der Waals surface area contributed by atoms with Gasteiger partial charge in [-0.2, -0.15) is 0 Å². The van der Waals surface area contributed by atoms with E-state index in [1.807, 2.05) is 80.6 Å². The Balaban J connectivity index is 0.000000496. The molecule has 0 atom stereocenters. The van der Waals surface area contributed by atoms with Crippen molar-refractivity contribution in [3.8, 4) is 22.6 Å². The van der Waals surface area contributed by atoms with Crippen LogP contribution >= 0.6 is 0 Å². The molecular weight excluding hydrogens is 544 g/mol. The van der Waals surface area contributed by atoms with Crippen LogP contribution in [0.5, 0.6) is 11.5 Å². The maximum absolute atomic E-state index is 11.4. The number of hydrogen-bond acceptors (Lipinski definition) is 4. The molecule has 6 aromatic rings. The zero-order valence-corrected chi connectivity index (χ0v) is 26.0. The van der Waals surface area contributed by atoms with Crippen molar-refractivity contribution >= 4 is 21.5 Å². The van der Waals surface area contributed by atoms with Gasteiger partial charge in [-0.05, 0) is 70.6 Å². The molecule has 0 heterocycles. The normalized spacial score (nSPS) is 10.9. The summed E-state index contributed by atoms with van der Waals surface area (Å²) in [5.41, 5.74) is 3.96. The van der Waals surface area contributed by atoms with E-state index in [2.05, 4.69) is 60.2 Å². The van der Waals surface area contributed by atoms with Crippen molar-refractivity contribution in [1.82, 2.24) is 0 Å². The highest BCUT2D eigenvalue weighted by Crippen LogP contribution is 2.50. The van der Waals surface area contributed by atoms with Crippen LogP contribution in [0.1, 0.15) is 43.9 Å². The highest BCUT2D eigenvalue weighted by atomic mass is 16.5. The summed E-state index contributed by atoms with van der Waals surface area (Å²) in [6.07, 6.45) is 0.875. The first-order chi connectivity index (χ1) is 21.4. The molecule has 4 nitrogen and oxygen atoms in total. The summed E-state index contributed by atoms with van der Waals surface area (Å²) >= 11 is 0. The van der Waals surface area contributed by atoms with Crippen LogP contribution in [0.2, 0.25) is 0 Å². The molecule has 0 unspecified atom stereocenters. The lowest BCUT2D eigenvalue weighted by atomic mass is 9.67. The van der Waals surface area contributed by atoms with Crippen LogP contribution in [-0.2, 0) is 10.2 Å². The lowest BCUT2D eigenvalue weighted by Gasteiger charge is -2.35. The molecule has 6 aromatic carbocycles. The Morgan fingerprint density at radius 1 is 0.568 bits per heavy atom. The number of benzene rings is 6. The third-order valence-electron chi connectivity index (χ3n) is 7.90. The van der Waals surface area contributed by atoms with Crippen LogP contribution < -0.4 is 0 Å². The molecule has 4 heteroatoms. The van der Waals surface area contributed by atoms with Gasteiger partial charge in [0.25, 0.3) is 0 Å². The summed E-state index contributed by atoms with van der Waals surface area (Å²) in [5, 5.41) is 34.6. The third-order valence-corrected chi connectivity index (χ3v) is 7.90. The Labute approximate surface area is 260 Å². The molecule has 44 heavy (non-hydrogen) atoms. The van der Waals surface area contributed by atoms with Crippen molar-refractivity contribution in [3.05, 3.63) is 144 Å². The standard InChI is InChI=1S/C34H26O2.2C3H8O/c1-34(32-28-13-7-5-11-25(28)17-21-30(32)35,33-29-14-8-6-12-26(29)18-22-31(33)36)27-19-15-24(16-20-27)23-9-3-2-4-10-23;1-3-4-2;1-2-3-4/h2-22,35-36H,1H3;3H2,1-2H3;4H,2-3H2,1H3. The quantitative estimate of drug-likeness (QED) is 0.170. The van der Waals surface area contributed by atoms with E-state index in [1.54, 1.807) is 19.2 Å². The van der Waals surface area contributed by atoms with Crippen molar-refractivity contribution in [2.75, 3.05) is 20.3 Å². The first kappa shape index (κ1) is 32.3. The van der Waals surface area contributed by atoms with Gasteiger partial charge in [0.15, 0.2) is 0 Å². The van der Waals surface area contributed by atoms with Gasteiger partial charge in [0.05, 0.1) is 5.41 Å². The molecular formula is C40H42O4. The van der Waals surface area contributed by atoms with Gasteiger partial charge in [0.2, 0.25) is 0 Å². The fourth-order valence-electron chi connectivity index (χ4n) is 5.61. The van der Waals surface area contributed by atoms with E-state index < -0.39 is 5.41 Å². The number of aliphatic hydroxyl groups excluding tert-OH is 1. The summed E-state index contributed by atoms with van der Waals surface area (Å²) < 4.78 is 4.54. The number of methoxy groups -OCH3 is 1. The Bertz CT molecular complexity index is 1680. The van der Waals surface area contributed by atoms with Gasteiger partial charge < -0.3 is 20.1 Å².